The number of nitrogens with zero attached hydrogens (tertiary/aromatic N) is 4. The van der Waals surface area contributed by atoms with Crippen LogP contribution in [0.25, 0.3) is 11.3 Å². The average Bonchev–Trinajstić information content (AvgIpc) is 2.74. The summed E-state index contributed by atoms with van der Waals surface area (Å²) >= 11 is 0. The average molecular weight is 400 g/mol. The van der Waals surface area contributed by atoms with Crippen LogP contribution in [-0.4, -0.2) is 50.3 Å². The second-order valence-corrected chi connectivity index (χ2v) is 7.60. The molecule has 2 aromatic heterocycles. The van der Waals surface area contributed by atoms with E-state index in [0.29, 0.717) is 5.95 Å². The minimum Gasteiger partial charge on any atom is -0.393 e. The van der Waals surface area contributed by atoms with E-state index >= 15 is 0 Å². The molecule has 4 N–H and O–H groups in total. The van der Waals surface area contributed by atoms with Gasteiger partial charge in [0.05, 0.1) is 17.4 Å². The maximum absolute atomic E-state index is 9.80. The molecule has 0 unspecified atom stereocenters. The van der Waals surface area contributed by atoms with Crippen molar-refractivity contribution in [2.45, 2.75) is 70.9 Å². The van der Waals surface area contributed by atoms with Gasteiger partial charge in [0.15, 0.2) is 0 Å². The molecule has 0 radical (unpaired) electrons. The van der Waals surface area contributed by atoms with Gasteiger partial charge in [0.1, 0.15) is 18.0 Å². The largest absolute Gasteiger partial charge is 0.393 e. The summed E-state index contributed by atoms with van der Waals surface area (Å²) in [6.45, 7) is 6.00. The third kappa shape index (κ3) is 6.25. The summed E-state index contributed by atoms with van der Waals surface area (Å²) in [5.74, 6) is 2.20. The van der Waals surface area contributed by atoms with Gasteiger partial charge in [-0.25, -0.2) is 15.0 Å². The molecule has 0 amide bonds. The number of hydrogen-bond donors (Lipinski definition) is 4. The maximum Gasteiger partial charge on any atom is 0.224 e. The number of unbranched alkanes of at least 4 members (excludes halogenated alkanes) is 1. The van der Waals surface area contributed by atoms with Crippen molar-refractivity contribution < 1.29 is 5.11 Å². The molecule has 0 bridgehead atoms. The summed E-state index contributed by atoms with van der Waals surface area (Å²) in [6, 6.07) is 2.23. The fraction of sp³-hybridized carbons (Fsp3) is 0.619. The Bertz CT molecular complexity index is 762. The highest BCUT2D eigenvalue weighted by atomic mass is 16.3. The van der Waals surface area contributed by atoms with Gasteiger partial charge in [-0.05, 0) is 38.5 Å². The van der Waals surface area contributed by atoms with Crippen LogP contribution in [0.5, 0.6) is 0 Å². The number of nitrogens with one attached hydrogen (secondary N) is 3. The van der Waals surface area contributed by atoms with E-state index in [1.165, 1.54) is 0 Å². The van der Waals surface area contributed by atoms with Crippen molar-refractivity contribution in [3.05, 3.63) is 18.6 Å². The van der Waals surface area contributed by atoms with E-state index < -0.39 is 0 Å². The van der Waals surface area contributed by atoms with Crippen LogP contribution in [0.4, 0.5) is 17.6 Å². The highest BCUT2D eigenvalue weighted by Gasteiger charge is 2.21. The Balaban J connectivity index is 1.84. The zero-order chi connectivity index (χ0) is 20.5. The first-order chi connectivity index (χ1) is 14.2. The molecular formula is C21H33N7O. The molecule has 0 spiro atoms. The fourth-order valence-electron chi connectivity index (χ4n) is 3.41. The minimum atomic E-state index is -0.182. The van der Waals surface area contributed by atoms with Crippen LogP contribution in [-0.2, 0) is 0 Å². The predicted molar refractivity (Wildman–Crippen MR) is 117 cm³/mol. The smallest absolute Gasteiger partial charge is 0.224 e. The van der Waals surface area contributed by atoms with Crippen molar-refractivity contribution in [1.82, 2.24) is 19.9 Å². The lowest BCUT2D eigenvalue weighted by atomic mass is 9.93. The van der Waals surface area contributed by atoms with Gasteiger partial charge in [-0.3, -0.25) is 0 Å². The molecule has 2 heterocycles. The Kier molecular flexibility index (Phi) is 7.98. The van der Waals surface area contributed by atoms with Gasteiger partial charge in [-0.15, -0.1) is 0 Å². The SMILES string of the molecule is CCCCNc1ncc(-c2cc(NCCC)ncn2)c(N[C@H]2CC[C@H](O)CC2)n1. The van der Waals surface area contributed by atoms with Gasteiger partial charge in [-0.1, -0.05) is 20.3 Å². The molecule has 8 heteroatoms. The van der Waals surface area contributed by atoms with E-state index in [1.54, 1.807) is 6.33 Å². The van der Waals surface area contributed by atoms with Crippen LogP contribution in [0.1, 0.15) is 58.8 Å². The van der Waals surface area contributed by atoms with Gasteiger partial charge >= 0.3 is 0 Å². The maximum atomic E-state index is 9.80. The van der Waals surface area contributed by atoms with Crippen molar-refractivity contribution in [3.8, 4) is 11.3 Å². The molecule has 0 aromatic carbocycles. The fourth-order valence-corrected chi connectivity index (χ4v) is 3.41. The second-order valence-electron chi connectivity index (χ2n) is 7.60. The van der Waals surface area contributed by atoms with E-state index in [2.05, 4.69) is 44.7 Å². The molecule has 0 aliphatic heterocycles. The quantitative estimate of drug-likeness (QED) is 0.448. The Morgan fingerprint density at radius 1 is 1.00 bits per heavy atom. The molecule has 158 valence electrons. The molecule has 1 aliphatic rings. The number of aliphatic hydroxyl groups excluding tert-OH is 1. The standard InChI is InChI=1S/C21H33N7O/c1-3-5-11-23-21-24-13-17(18-12-19(22-10-4-2)26-14-25-18)20(28-21)27-15-6-8-16(29)9-7-15/h12-16,29H,3-11H2,1-2H3,(H,22,25,26)(H2,23,24,27,28)/t15-,16-. The van der Waals surface area contributed by atoms with Gasteiger partial charge in [-0.2, -0.15) is 4.98 Å². The highest BCUT2D eigenvalue weighted by molar-refractivity contribution is 5.74. The molecule has 0 atom stereocenters. The highest BCUT2D eigenvalue weighted by Crippen LogP contribution is 2.29. The van der Waals surface area contributed by atoms with Crippen molar-refractivity contribution in [2.24, 2.45) is 0 Å². The minimum absolute atomic E-state index is 0.182. The lowest BCUT2D eigenvalue weighted by Crippen LogP contribution is -2.29. The Morgan fingerprint density at radius 3 is 2.59 bits per heavy atom. The van der Waals surface area contributed by atoms with Crippen molar-refractivity contribution >= 4 is 17.6 Å². The summed E-state index contributed by atoms with van der Waals surface area (Å²) < 4.78 is 0. The van der Waals surface area contributed by atoms with E-state index in [9.17, 15) is 5.11 Å². The Hall–Kier alpha value is -2.48. The molecule has 2 aromatic rings. The van der Waals surface area contributed by atoms with Crippen molar-refractivity contribution in [3.63, 3.8) is 0 Å². The lowest BCUT2D eigenvalue weighted by Gasteiger charge is -2.27. The van der Waals surface area contributed by atoms with Gasteiger partial charge < -0.3 is 21.1 Å². The second kappa shape index (κ2) is 10.9. The first-order valence-electron chi connectivity index (χ1n) is 10.8. The molecule has 3 rings (SSSR count). The third-order valence-electron chi connectivity index (χ3n) is 5.14. The number of aliphatic hydroxyl groups is 1. The van der Waals surface area contributed by atoms with Gasteiger partial charge in [0, 0.05) is 31.4 Å². The first kappa shape index (κ1) is 21.2. The van der Waals surface area contributed by atoms with E-state index in [0.717, 1.165) is 80.9 Å². The molecule has 1 fully saturated rings. The molecule has 1 saturated carbocycles. The van der Waals surface area contributed by atoms with E-state index in [-0.39, 0.29) is 12.1 Å². The number of hydrogen-bond acceptors (Lipinski definition) is 8. The van der Waals surface area contributed by atoms with Gasteiger partial charge in [0.25, 0.3) is 0 Å². The summed E-state index contributed by atoms with van der Waals surface area (Å²) in [5.41, 5.74) is 1.65. The Morgan fingerprint density at radius 2 is 1.83 bits per heavy atom. The van der Waals surface area contributed by atoms with Crippen LogP contribution in [0.2, 0.25) is 0 Å². The molecule has 29 heavy (non-hydrogen) atoms. The Labute approximate surface area is 173 Å². The third-order valence-corrected chi connectivity index (χ3v) is 5.14. The van der Waals surface area contributed by atoms with Crippen LogP contribution >= 0.6 is 0 Å². The summed E-state index contributed by atoms with van der Waals surface area (Å²) in [5, 5.41) is 20.0. The molecule has 1 aliphatic carbocycles. The van der Waals surface area contributed by atoms with Gasteiger partial charge in [0.2, 0.25) is 5.95 Å². The molecule has 0 saturated heterocycles. The normalized spacial score (nSPS) is 19.0. The molecule has 8 nitrogen and oxygen atoms in total. The number of aromatic nitrogens is 4. The first-order valence-corrected chi connectivity index (χ1v) is 10.8. The zero-order valence-corrected chi connectivity index (χ0v) is 17.5. The topological polar surface area (TPSA) is 108 Å². The number of rotatable bonds is 10. The van der Waals surface area contributed by atoms with Crippen LogP contribution in [0, 0.1) is 0 Å². The van der Waals surface area contributed by atoms with Crippen molar-refractivity contribution in [1.29, 1.82) is 0 Å². The zero-order valence-electron chi connectivity index (χ0n) is 17.5. The van der Waals surface area contributed by atoms with Crippen molar-refractivity contribution in [2.75, 3.05) is 29.0 Å². The summed E-state index contributed by atoms with van der Waals surface area (Å²) in [6.07, 6.45) is 9.93. The molecular weight excluding hydrogens is 366 g/mol. The predicted octanol–water partition coefficient (Wildman–Crippen LogP) is 3.68. The van der Waals surface area contributed by atoms with Crippen LogP contribution in [0.3, 0.4) is 0 Å². The van der Waals surface area contributed by atoms with E-state index in [4.69, 9.17) is 4.98 Å². The number of anilines is 3. The monoisotopic (exact) mass is 399 g/mol. The summed E-state index contributed by atoms with van der Waals surface area (Å²) in [4.78, 5) is 18.0. The summed E-state index contributed by atoms with van der Waals surface area (Å²) in [7, 11) is 0. The van der Waals surface area contributed by atoms with Crippen LogP contribution < -0.4 is 16.0 Å². The van der Waals surface area contributed by atoms with E-state index in [1.807, 2.05) is 12.3 Å². The van der Waals surface area contributed by atoms with Crippen LogP contribution in [0.15, 0.2) is 18.6 Å². The lowest BCUT2D eigenvalue weighted by molar-refractivity contribution is 0.126.